The van der Waals surface area contributed by atoms with Crippen LogP contribution in [-0.4, -0.2) is 17.9 Å². The molecule has 7 heteroatoms. The fourth-order valence-electron chi connectivity index (χ4n) is 2.85. The smallest absolute Gasteiger partial charge is 0.270 e. The van der Waals surface area contributed by atoms with E-state index in [9.17, 15) is 14.9 Å². The first kappa shape index (κ1) is 19.8. The standard InChI is InChI=1S/C21H18IN3O3/c1-24(14-15-7-3-2-4-8-15)20-10-6-5-9-19(20)23-21(26)17-13-16(25(27)28)11-12-18(17)22/h2-13H,14H2,1H3,(H,23,26). The number of non-ortho nitro benzene ring substituents is 1. The first-order valence-electron chi connectivity index (χ1n) is 8.55. The summed E-state index contributed by atoms with van der Waals surface area (Å²) in [6.07, 6.45) is 0. The van der Waals surface area contributed by atoms with Gasteiger partial charge in [0.25, 0.3) is 11.6 Å². The molecule has 142 valence electrons. The summed E-state index contributed by atoms with van der Waals surface area (Å²) in [5, 5.41) is 13.9. The van der Waals surface area contributed by atoms with Gasteiger partial charge in [-0.2, -0.15) is 0 Å². The molecule has 0 aromatic heterocycles. The molecule has 0 aliphatic carbocycles. The van der Waals surface area contributed by atoms with Gasteiger partial charge < -0.3 is 10.2 Å². The summed E-state index contributed by atoms with van der Waals surface area (Å²) < 4.78 is 0.649. The highest BCUT2D eigenvalue weighted by Gasteiger charge is 2.17. The average Bonchev–Trinajstić information content (AvgIpc) is 2.69. The first-order valence-corrected chi connectivity index (χ1v) is 9.63. The highest BCUT2D eigenvalue weighted by atomic mass is 127. The van der Waals surface area contributed by atoms with Crippen molar-refractivity contribution in [2.75, 3.05) is 17.3 Å². The second-order valence-corrected chi connectivity index (χ2v) is 7.40. The monoisotopic (exact) mass is 487 g/mol. The van der Waals surface area contributed by atoms with Crippen LogP contribution in [0.1, 0.15) is 15.9 Å². The number of halogens is 1. The zero-order chi connectivity index (χ0) is 20.1. The lowest BCUT2D eigenvalue weighted by molar-refractivity contribution is -0.384. The number of benzene rings is 3. The van der Waals surface area contributed by atoms with Gasteiger partial charge in [-0.05, 0) is 46.4 Å². The molecule has 0 saturated carbocycles. The van der Waals surface area contributed by atoms with Crippen molar-refractivity contribution < 1.29 is 9.72 Å². The Labute approximate surface area is 176 Å². The normalized spacial score (nSPS) is 10.4. The van der Waals surface area contributed by atoms with Crippen molar-refractivity contribution in [3.8, 4) is 0 Å². The number of carbonyl (C=O) groups is 1. The van der Waals surface area contributed by atoms with Crippen LogP contribution >= 0.6 is 22.6 Å². The van der Waals surface area contributed by atoms with E-state index in [0.29, 0.717) is 15.8 Å². The average molecular weight is 487 g/mol. The Morgan fingerprint density at radius 2 is 1.75 bits per heavy atom. The maximum atomic E-state index is 12.8. The molecule has 3 aromatic rings. The number of carbonyl (C=O) groups excluding carboxylic acids is 1. The number of nitro benzene ring substituents is 1. The summed E-state index contributed by atoms with van der Waals surface area (Å²) in [5.41, 5.74) is 2.82. The van der Waals surface area contributed by atoms with Gasteiger partial charge in [0.05, 0.1) is 21.9 Å². The van der Waals surface area contributed by atoms with E-state index in [0.717, 1.165) is 11.3 Å². The second kappa shape index (κ2) is 8.83. The van der Waals surface area contributed by atoms with Crippen LogP contribution in [0.3, 0.4) is 0 Å². The van der Waals surface area contributed by atoms with Crippen LogP contribution in [0.25, 0.3) is 0 Å². The van der Waals surface area contributed by atoms with Crippen molar-refractivity contribution in [2.45, 2.75) is 6.54 Å². The fourth-order valence-corrected chi connectivity index (χ4v) is 3.43. The van der Waals surface area contributed by atoms with Crippen LogP contribution in [-0.2, 0) is 6.54 Å². The topological polar surface area (TPSA) is 75.5 Å². The molecule has 0 aliphatic heterocycles. The minimum atomic E-state index is -0.506. The molecular weight excluding hydrogens is 469 g/mol. The molecule has 1 amide bonds. The fraction of sp³-hybridized carbons (Fsp3) is 0.0952. The van der Waals surface area contributed by atoms with E-state index in [1.807, 2.05) is 89.1 Å². The summed E-state index contributed by atoms with van der Waals surface area (Å²) >= 11 is 2.00. The van der Waals surface area contributed by atoms with E-state index in [4.69, 9.17) is 0 Å². The van der Waals surface area contributed by atoms with E-state index in [-0.39, 0.29) is 17.2 Å². The lowest BCUT2D eigenvalue weighted by atomic mass is 10.1. The van der Waals surface area contributed by atoms with E-state index >= 15 is 0 Å². The summed E-state index contributed by atoms with van der Waals surface area (Å²) in [5.74, 6) is -0.381. The predicted molar refractivity (Wildman–Crippen MR) is 119 cm³/mol. The van der Waals surface area contributed by atoms with Gasteiger partial charge in [-0.25, -0.2) is 0 Å². The highest BCUT2D eigenvalue weighted by Crippen LogP contribution is 2.27. The van der Waals surface area contributed by atoms with Crippen LogP contribution in [0.4, 0.5) is 17.1 Å². The van der Waals surface area contributed by atoms with E-state index in [1.165, 1.54) is 12.1 Å². The van der Waals surface area contributed by atoms with Crippen molar-refractivity contribution >= 4 is 45.6 Å². The van der Waals surface area contributed by atoms with Crippen LogP contribution in [0.2, 0.25) is 0 Å². The molecule has 0 atom stereocenters. The molecular formula is C21H18IN3O3. The quantitative estimate of drug-likeness (QED) is 0.299. The van der Waals surface area contributed by atoms with Gasteiger partial charge in [-0.3, -0.25) is 14.9 Å². The molecule has 0 spiro atoms. The summed E-state index contributed by atoms with van der Waals surface area (Å²) in [4.78, 5) is 25.4. The number of nitro groups is 1. The third-order valence-corrected chi connectivity index (χ3v) is 5.17. The molecule has 0 bridgehead atoms. The van der Waals surface area contributed by atoms with Crippen LogP contribution in [0, 0.1) is 13.7 Å². The first-order chi connectivity index (χ1) is 13.5. The lowest BCUT2D eigenvalue weighted by Gasteiger charge is -2.23. The van der Waals surface area contributed by atoms with Crippen molar-refractivity contribution in [2.24, 2.45) is 0 Å². The number of hydrogen-bond donors (Lipinski definition) is 1. The number of hydrogen-bond acceptors (Lipinski definition) is 4. The number of para-hydroxylation sites is 2. The SMILES string of the molecule is CN(Cc1ccccc1)c1ccccc1NC(=O)c1cc([N+](=O)[O-])ccc1I. The summed E-state index contributed by atoms with van der Waals surface area (Å²) in [7, 11) is 1.95. The van der Waals surface area contributed by atoms with Gasteiger partial charge in [-0.15, -0.1) is 0 Å². The van der Waals surface area contributed by atoms with E-state index < -0.39 is 4.92 Å². The van der Waals surface area contributed by atoms with Crippen molar-refractivity contribution in [3.05, 3.63) is 97.6 Å². The number of amides is 1. The Hall–Kier alpha value is -2.94. The summed E-state index contributed by atoms with van der Waals surface area (Å²) in [6.45, 7) is 0.683. The zero-order valence-corrected chi connectivity index (χ0v) is 17.3. The van der Waals surface area contributed by atoms with Crippen molar-refractivity contribution in [1.29, 1.82) is 0 Å². The van der Waals surface area contributed by atoms with Gasteiger partial charge >= 0.3 is 0 Å². The zero-order valence-electron chi connectivity index (χ0n) is 15.1. The molecule has 0 heterocycles. The molecule has 0 fully saturated rings. The van der Waals surface area contributed by atoms with Crippen LogP contribution in [0.15, 0.2) is 72.8 Å². The summed E-state index contributed by atoms with van der Waals surface area (Å²) in [6, 6.07) is 21.8. The Bertz CT molecular complexity index is 1010. The molecule has 0 saturated heterocycles. The Balaban J connectivity index is 1.84. The predicted octanol–water partition coefficient (Wildman–Crippen LogP) is 5.09. The van der Waals surface area contributed by atoms with Gasteiger partial charge in [0.2, 0.25) is 0 Å². The number of nitrogens with one attached hydrogen (secondary N) is 1. The minimum Gasteiger partial charge on any atom is -0.369 e. The van der Waals surface area contributed by atoms with Crippen molar-refractivity contribution in [1.82, 2.24) is 0 Å². The van der Waals surface area contributed by atoms with Crippen molar-refractivity contribution in [3.63, 3.8) is 0 Å². The minimum absolute atomic E-state index is 0.111. The third kappa shape index (κ3) is 4.66. The third-order valence-electron chi connectivity index (χ3n) is 4.23. The molecule has 0 unspecified atom stereocenters. The Kier molecular flexibility index (Phi) is 6.25. The number of rotatable bonds is 6. The lowest BCUT2D eigenvalue weighted by Crippen LogP contribution is -2.20. The van der Waals surface area contributed by atoms with Gasteiger partial charge in [0.15, 0.2) is 0 Å². The number of nitrogens with zero attached hydrogens (tertiary/aromatic N) is 2. The Morgan fingerprint density at radius 1 is 1.07 bits per heavy atom. The number of anilines is 2. The molecule has 28 heavy (non-hydrogen) atoms. The van der Waals surface area contributed by atoms with Crippen LogP contribution < -0.4 is 10.2 Å². The second-order valence-electron chi connectivity index (χ2n) is 6.23. The molecule has 3 rings (SSSR count). The van der Waals surface area contributed by atoms with Crippen LogP contribution in [0.5, 0.6) is 0 Å². The van der Waals surface area contributed by atoms with Gasteiger partial charge in [0.1, 0.15) is 0 Å². The highest BCUT2D eigenvalue weighted by molar-refractivity contribution is 14.1. The maximum absolute atomic E-state index is 12.8. The molecule has 1 N–H and O–H groups in total. The largest absolute Gasteiger partial charge is 0.369 e. The van der Waals surface area contributed by atoms with Gasteiger partial charge in [-0.1, -0.05) is 42.5 Å². The molecule has 3 aromatic carbocycles. The van der Waals surface area contributed by atoms with E-state index in [2.05, 4.69) is 5.32 Å². The molecule has 0 aliphatic rings. The maximum Gasteiger partial charge on any atom is 0.270 e. The Morgan fingerprint density at radius 3 is 2.46 bits per heavy atom. The van der Waals surface area contributed by atoms with Gasteiger partial charge in [0, 0.05) is 29.3 Å². The molecule has 0 radical (unpaired) electrons. The molecule has 6 nitrogen and oxygen atoms in total. The van der Waals surface area contributed by atoms with E-state index in [1.54, 1.807) is 6.07 Å².